The molecular formula is C22H27N3O6S2. The third kappa shape index (κ3) is 6.15. The summed E-state index contributed by atoms with van der Waals surface area (Å²) in [5, 5.41) is 7.02. The van der Waals surface area contributed by atoms with Crippen LogP contribution in [-0.2, 0) is 24.1 Å². The predicted molar refractivity (Wildman–Crippen MR) is 124 cm³/mol. The molecule has 4 rings (SSSR count). The lowest BCUT2D eigenvalue weighted by atomic mass is 10.2. The van der Waals surface area contributed by atoms with Gasteiger partial charge in [-0.2, -0.15) is 5.10 Å². The van der Waals surface area contributed by atoms with E-state index >= 15 is 0 Å². The smallest absolute Gasteiger partial charge is 0.339 e. The van der Waals surface area contributed by atoms with Gasteiger partial charge in [-0.15, -0.1) is 11.8 Å². The second-order valence-corrected chi connectivity index (χ2v) is 11.5. The topological polar surface area (TPSA) is 117 Å². The van der Waals surface area contributed by atoms with Crippen molar-refractivity contribution >= 4 is 39.3 Å². The first kappa shape index (κ1) is 23.8. The highest BCUT2D eigenvalue weighted by Crippen LogP contribution is 2.28. The third-order valence-electron chi connectivity index (χ3n) is 5.57. The van der Waals surface area contributed by atoms with Crippen LogP contribution in [0.4, 0.5) is 5.82 Å². The number of esters is 1. The Hall–Kier alpha value is -2.37. The molecule has 1 aromatic carbocycles. The Morgan fingerprint density at radius 2 is 2.12 bits per heavy atom. The number of carbonyl (C=O) groups is 2. The van der Waals surface area contributed by atoms with Crippen LogP contribution in [0.15, 0.2) is 35.2 Å². The van der Waals surface area contributed by atoms with Gasteiger partial charge in [-0.3, -0.25) is 4.79 Å². The van der Waals surface area contributed by atoms with Crippen LogP contribution >= 0.6 is 11.8 Å². The summed E-state index contributed by atoms with van der Waals surface area (Å²) in [6, 6.07) is 8.48. The molecule has 2 unspecified atom stereocenters. The minimum atomic E-state index is -3.10. The van der Waals surface area contributed by atoms with Gasteiger partial charge in [-0.25, -0.2) is 17.9 Å². The first-order valence-electron chi connectivity index (χ1n) is 10.9. The molecule has 2 aromatic rings. The SMILES string of the molecule is Cc1cc(NC(=O)COC(=O)c2ccccc2SCC2CCCO2)n(C2CCS(=O)(=O)C2)n1. The van der Waals surface area contributed by atoms with Gasteiger partial charge in [-0.1, -0.05) is 12.1 Å². The Morgan fingerprint density at radius 3 is 2.85 bits per heavy atom. The van der Waals surface area contributed by atoms with E-state index in [2.05, 4.69) is 10.4 Å². The molecule has 0 radical (unpaired) electrons. The Bertz CT molecular complexity index is 1120. The largest absolute Gasteiger partial charge is 0.452 e. The second-order valence-electron chi connectivity index (χ2n) is 8.24. The summed E-state index contributed by atoms with van der Waals surface area (Å²) in [7, 11) is -3.10. The summed E-state index contributed by atoms with van der Waals surface area (Å²) in [5.41, 5.74) is 1.06. The molecule has 2 fully saturated rings. The molecule has 0 aliphatic carbocycles. The molecule has 1 amide bonds. The maximum atomic E-state index is 12.6. The highest BCUT2D eigenvalue weighted by Gasteiger charge is 2.31. The van der Waals surface area contributed by atoms with Crippen LogP contribution in [0, 0.1) is 6.92 Å². The standard InChI is InChI=1S/C22H27N3O6S2/c1-15-11-20(25(24-15)16-8-10-33(28,29)14-16)23-21(26)12-31-22(27)18-6-2-3-7-19(18)32-13-17-5-4-9-30-17/h2-3,6-7,11,16-17H,4-5,8-10,12-14H2,1H3,(H,23,26). The number of aromatic nitrogens is 2. The molecule has 11 heteroatoms. The molecule has 0 bridgehead atoms. The zero-order chi connectivity index (χ0) is 23.4. The maximum Gasteiger partial charge on any atom is 0.339 e. The number of nitrogens with zero attached hydrogens (tertiary/aromatic N) is 2. The summed E-state index contributed by atoms with van der Waals surface area (Å²) in [6.07, 6.45) is 2.71. The molecule has 2 saturated heterocycles. The van der Waals surface area contributed by atoms with Gasteiger partial charge in [0.05, 0.1) is 34.9 Å². The van der Waals surface area contributed by atoms with Gasteiger partial charge < -0.3 is 14.8 Å². The van der Waals surface area contributed by atoms with Gasteiger partial charge in [0.25, 0.3) is 5.91 Å². The summed E-state index contributed by atoms with van der Waals surface area (Å²) in [4.78, 5) is 25.9. The van der Waals surface area contributed by atoms with Crippen molar-refractivity contribution < 1.29 is 27.5 Å². The normalized spacial score (nSPS) is 21.7. The molecule has 1 aromatic heterocycles. The van der Waals surface area contributed by atoms with Crippen LogP contribution in [-0.4, -0.2) is 66.7 Å². The Balaban J connectivity index is 1.34. The quantitative estimate of drug-likeness (QED) is 0.441. The van der Waals surface area contributed by atoms with Gasteiger partial charge in [0.2, 0.25) is 0 Å². The van der Waals surface area contributed by atoms with Crippen molar-refractivity contribution in [2.75, 3.05) is 35.8 Å². The molecule has 0 saturated carbocycles. The van der Waals surface area contributed by atoms with E-state index < -0.39 is 28.3 Å². The van der Waals surface area contributed by atoms with Crippen LogP contribution in [0.5, 0.6) is 0 Å². The van der Waals surface area contributed by atoms with Crippen molar-refractivity contribution in [2.24, 2.45) is 0 Å². The molecule has 9 nitrogen and oxygen atoms in total. The van der Waals surface area contributed by atoms with Gasteiger partial charge in [0.15, 0.2) is 16.4 Å². The van der Waals surface area contributed by atoms with E-state index in [1.54, 1.807) is 36.9 Å². The lowest BCUT2D eigenvalue weighted by Crippen LogP contribution is -2.24. The first-order valence-corrected chi connectivity index (χ1v) is 13.7. The highest BCUT2D eigenvalue weighted by molar-refractivity contribution is 7.99. The number of carbonyl (C=O) groups excluding carboxylic acids is 2. The lowest BCUT2D eigenvalue weighted by molar-refractivity contribution is -0.119. The zero-order valence-electron chi connectivity index (χ0n) is 18.4. The van der Waals surface area contributed by atoms with Crippen LogP contribution in [0.1, 0.15) is 41.4 Å². The fourth-order valence-corrected chi connectivity index (χ4v) is 6.77. The number of hydrogen-bond donors (Lipinski definition) is 1. The fourth-order valence-electron chi connectivity index (χ4n) is 3.96. The van der Waals surface area contributed by atoms with Crippen molar-refractivity contribution in [3.8, 4) is 0 Å². The number of thioether (sulfide) groups is 1. The minimum Gasteiger partial charge on any atom is -0.452 e. The monoisotopic (exact) mass is 493 g/mol. The molecule has 178 valence electrons. The number of nitrogens with one attached hydrogen (secondary N) is 1. The van der Waals surface area contributed by atoms with E-state index in [0.29, 0.717) is 23.5 Å². The average molecular weight is 494 g/mol. The Labute approximate surface area is 197 Å². The maximum absolute atomic E-state index is 12.6. The Morgan fingerprint density at radius 1 is 1.30 bits per heavy atom. The molecule has 33 heavy (non-hydrogen) atoms. The number of sulfone groups is 1. The number of amides is 1. The van der Waals surface area contributed by atoms with Crippen molar-refractivity contribution in [2.45, 2.75) is 43.2 Å². The van der Waals surface area contributed by atoms with Crippen molar-refractivity contribution in [3.05, 3.63) is 41.6 Å². The molecular weight excluding hydrogens is 466 g/mol. The lowest BCUT2D eigenvalue weighted by Gasteiger charge is -2.14. The molecule has 3 heterocycles. The summed E-state index contributed by atoms with van der Waals surface area (Å²) >= 11 is 1.54. The highest BCUT2D eigenvalue weighted by atomic mass is 32.2. The summed E-state index contributed by atoms with van der Waals surface area (Å²) in [6.45, 7) is 2.08. The van der Waals surface area contributed by atoms with E-state index in [1.807, 2.05) is 12.1 Å². The minimum absolute atomic E-state index is 0.00761. The molecule has 1 N–H and O–H groups in total. The molecule has 2 aliphatic heterocycles. The Kier molecular flexibility index (Phi) is 7.40. The van der Waals surface area contributed by atoms with E-state index in [-0.39, 0.29) is 23.7 Å². The number of aryl methyl sites for hydroxylation is 1. The van der Waals surface area contributed by atoms with E-state index in [0.717, 1.165) is 30.1 Å². The van der Waals surface area contributed by atoms with Crippen molar-refractivity contribution in [1.82, 2.24) is 9.78 Å². The van der Waals surface area contributed by atoms with Crippen LogP contribution in [0.25, 0.3) is 0 Å². The number of anilines is 1. The van der Waals surface area contributed by atoms with Gasteiger partial charge in [-0.05, 0) is 38.3 Å². The average Bonchev–Trinajstić information content (AvgIpc) is 3.51. The number of hydrogen-bond acceptors (Lipinski definition) is 8. The zero-order valence-corrected chi connectivity index (χ0v) is 20.0. The number of rotatable bonds is 8. The molecule has 2 aliphatic rings. The first-order chi connectivity index (χ1) is 15.8. The summed E-state index contributed by atoms with van der Waals surface area (Å²) in [5.74, 6) is 0.147. The predicted octanol–water partition coefficient (Wildman–Crippen LogP) is 2.62. The molecule has 2 atom stereocenters. The van der Waals surface area contributed by atoms with Crippen molar-refractivity contribution in [3.63, 3.8) is 0 Å². The van der Waals surface area contributed by atoms with E-state index in [1.165, 1.54) is 4.68 Å². The van der Waals surface area contributed by atoms with E-state index in [4.69, 9.17) is 9.47 Å². The van der Waals surface area contributed by atoms with Gasteiger partial charge >= 0.3 is 5.97 Å². The van der Waals surface area contributed by atoms with Crippen LogP contribution in [0.2, 0.25) is 0 Å². The molecule has 0 spiro atoms. The number of benzene rings is 1. The third-order valence-corrected chi connectivity index (χ3v) is 8.53. The van der Waals surface area contributed by atoms with Gasteiger partial charge in [0.1, 0.15) is 5.82 Å². The van der Waals surface area contributed by atoms with E-state index in [9.17, 15) is 18.0 Å². The fraction of sp³-hybridized carbons (Fsp3) is 0.500. The second kappa shape index (κ2) is 10.3. The van der Waals surface area contributed by atoms with Crippen LogP contribution in [0.3, 0.4) is 0 Å². The number of ether oxygens (including phenoxy) is 2. The van der Waals surface area contributed by atoms with Gasteiger partial charge in [0, 0.05) is 23.3 Å². The van der Waals surface area contributed by atoms with Crippen LogP contribution < -0.4 is 5.32 Å². The summed E-state index contributed by atoms with van der Waals surface area (Å²) < 4.78 is 36.1. The van der Waals surface area contributed by atoms with Crippen molar-refractivity contribution in [1.29, 1.82) is 0 Å².